The van der Waals surface area contributed by atoms with Crippen LogP contribution in [0.15, 0.2) is 0 Å². The van der Waals surface area contributed by atoms with E-state index < -0.39 is 6.09 Å². The van der Waals surface area contributed by atoms with Crippen LogP contribution in [0.4, 0.5) is 4.79 Å². The van der Waals surface area contributed by atoms with Crippen LogP contribution in [0, 0.1) is 0 Å². The number of aldehydes is 1. The number of carbonyl (C=O) groups excluding carboxylic acids is 1. The maximum absolute atomic E-state index is 9.94. The van der Waals surface area contributed by atoms with Gasteiger partial charge in [-0.15, -0.1) is 0 Å². The van der Waals surface area contributed by atoms with E-state index in [-0.39, 0.29) is 6.54 Å². The van der Waals surface area contributed by atoms with Crippen molar-refractivity contribution in [3.05, 3.63) is 0 Å². The molecule has 1 amide bonds. The van der Waals surface area contributed by atoms with Gasteiger partial charge in [-0.2, -0.15) is 5.53 Å². The van der Waals surface area contributed by atoms with Crippen molar-refractivity contribution in [1.82, 2.24) is 10.5 Å². The van der Waals surface area contributed by atoms with Crippen LogP contribution in [0.2, 0.25) is 0 Å². The summed E-state index contributed by atoms with van der Waals surface area (Å²) in [5.74, 6) is 4.70. The van der Waals surface area contributed by atoms with Gasteiger partial charge in [0, 0.05) is 0 Å². The second-order valence-electron chi connectivity index (χ2n) is 1.19. The van der Waals surface area contributed by atoms with Crippen LogP contribution in [0.5, 0.6) is 0 Å². The predicted molar refractivity (Wildman–Crippen MR) is 28.1 cm³/mol. The molecule has 0 unspecified atom stereocenters. The number of nitrogens with one attached hydrogen (secondary N) is 1. The van der Waals surface area contributed by atoms with Crippen molar-refractivity contribution in [3.8, 4) is 0 Å². The number of carbonyl (C=O) groups is 2. The first-order valence-corrected chi connectivity index (χ1v) is 2.12. The summed E-state index contributed by atoms with van der Waals surface area (Å²) in [6.07, 6.45) is -0.863. The Labute approximate surface area is 51.2 Å². The van der Waals surface area contributed by atoms with Crippen molar-refractivity contribution in [1.29, 1.82) is 0 Å². The highest BCUT2D eigenvalue weighted by molar-refractivity contribution is 5.68. The second kappa shape index (κ2) is 3.81. The molecule has 0 saturated carbocycles. The topological polar surface area (TPSA) is 95.7 Å². The molecule has 0 aromatic rings. The van der Waals surface area contributed by atoms with Gasteiger partial charge in [0.2, 0.25) is 0 Å². The second-order valence-corrected chi connectivity index (χ2v) is 1.19. The fraction of sp³-hybridized carbons (Fsp3) is 0.333. The Morgan fingerprint density at radius 1 is 1.89 bits per heavy atom. The highest BCUT2D eigenvalue weighted by Crippen LogP contribution is 1.76. The lowest BCUT2D eigenvalue weighted by Gasteiger charge is -2.11. The average molecular weight is 133 g/mol. The first-order valence-electron chi connectivity index (χ1n) is 2.12. The molecule has 0 aliphatic rings. The Morgan fingerprint density at radius 3 is 2.56 bits per heavy atom. The predicted octanol–water partition coefficient (Wildman–Crippen LogP) is -1.46. The molecule has 0 aliphatic heterocycles. The van der Waals surface area contributed by atoms with Gasteiger partial charge in [0.1, 0.15) is 6.29 Å². The Morgan fingerprint density at radius 2 is 2.44 bits per heavy atom. The summed E-state index contributed by atoms with van der Waals surface area (Å²) in [5, 5.41) is 8.68. The third-order valence-electron chi connectivity index (χ3n) is 0.644. The number of hydrogen-bond acceptors (Lipinski definition) is 4. The van der Waals surface area contributed by atoms with E-state index in [4.69, 9.17) is 10.9 Å². The minimum atomic E-state index is -1.29. The molecule has 0 radical (unpaired) electrons. The maximum atomic E-state index is 9.94. The number of amides is 1. The lowest BCUT2D eigenvalue weighted by atomic mass is 10.7. The van der Waals surface area contributed by atoms with E-state index in [1.54, 1.807) is 5.53 Å². The summed E-state index contributed by atoms with van der Waals surface area (Å²) in [5.41, 5.74) is 1.80. The zero-order chi connectivity index (χ0) is 7.28. The summed E-state index contributed by atoms with van der Waals surface area (Å²) in [6, 6.07) is 0. The summed E-state index contributed by atoms with van der Waals surface area (Å²) in [4.78, 5) is 19.6. The van der Waals surface area contributed by atoms with Crippen LogP contribution < -0.4 is 11.4 Å². The van der Waals surface area contributed by atoms with Crippen LogP contribution in [0.3, 0.4) is 0 Å². The molecule has 0 fully saturated rings. The zero-order valence-electron chi connectivity index (χ0n) is 4.57. The zero-order valence-corrected chi connectivity index (χ0v) is 4.57. The molecule has 0 saturated heterocycles. The number of carboxylic acid groups (broad SMARTS) is 1. The molecule has 52 valence electrons. The van der Waals surface area contributed by atoms with Crippen molar-refractivity contribution >= 4 is 12.4 Å². The lowest BCUT2D eigenvalue weighted by molar-refractivity contribution is -0.109. The Kier molecular flexibility index (Phi) is 3.33. The molecule has 0 heterocycles. The molecule has 0 bridgehead atoms. The van der Waals surface area contributed by atoms with Crippen molar-refractivity contribution in [3.63, 3.8) is 0 Å². The van der Waals surface area contributed by atoms with Crippen LogP contribution in [-0.4, -0.2) is 29.0 Å². The monoisotopic (exact) mass is 133 g/mol. The van der Waals surface area contributed by atoms with Gasteiger partial charge in [-0.3, -0.25) is 5.84 Å². The van der Waals surface area contributed by atoms with Gasteiger partial charge in [-0.05, 0) is 0 Å². The first-order chi connectivity index (χ1) is 4.22. The highest BCUT2D eigenvalue weighted by Gasteiger charge is 2.06. The molecular formula is C3H7N3O3. The number of rotatable bonds is 3. The van der Waals surface area contributed by atoms with E-state index in [0.29, 0.717) is 11.3 Å². The Balaban J connectivity index is 3.67. The quantitative estimate of drug-likeness (QED) is 0.248. The van der Waals surface area contributed by atoms with Crippen LogP contribution in [-0.2, 0) is 4.79 Å². The number of hydrazine groups is 2. The standard InChI is InChI=1S/C3H7N3O3/c4-5-6(1-2-7)3(8)9/h2,5H,1,4H2,(H,8,9). The molecule has 6 heteroatoms. The maximum Gasteiger partial charge on any atom is 0.423 e. The molecule has 0 aliphatic carbocycles. The average Bonchev–Trinajstić information content (AvgIpc) is 1.82. The van der Waals surface area contributed by atoms with Crippen LogP contribution in [0.25, 0.3) is 0 Å². The third kappa shape index (κ3) is 2.62. The van der Waals surface area contributed by atoms with E-state index in [1.165, 1.54) is 0 Å². The highest BCUT2D eigenvalue weighted by atomic mass is 16.4. The summed E-state index contributed by atoms with van der Waals surface area (Å²) >= 11 is 0. The third-order valence-corrected chi connectivity index (χ3v) is 0.644. The summed E-state index contributed by atoms with van der Waals surface area (Å²) in [6.45, 7) is -0.272. The van der Waals surface area contributed by atoms with E-state index >= 15 is 0 Å². The lowest BCUT2D eigenvalue weighted by Crippen LogP contribution is -2.47. The molecule has 0 rings (SSSR count). The first kappa shape index (κ1) is 7.86. The molecule has 0 spiro atoms. The SMILES string of the molecule is NNN(CC=O)C(=O)O. The van der Waals surface area contributed by atoms with E-state index in [9.17, 15) is 9.59 Å². The van der Waals surface area contributed by atoms with Crippen molar-refractivity contribution in [2.45, 2.75) is 0 Å². The largest absolute Gasteiger partial charge is 0.464 e. The normalized spacial score (nSPS) is 8.56. The van der Waals surface area contributed by atoms with Gasteiger partial charge in [0.15, 0.2) is 0 Å². The van der Waals surface area contributed by atoms with Gasteiger partial charge in [0.25, 0.3) is 0 Å². The molecule has 0 aromatic heterocycles. The van der Waals surface area contributed by atoms with Gasteiger partial charge in [-0.25, -0.2) is 9.80 Å². The molecule has 4 N–H and O–H groups in total. The van der Waals surface area contributed by atoms with Gasteiger partial charge >= 0.3 is 6.09 Å². The van der Waals surface area contributed by atoms with E-state index in [0.717, 1.165) is 0 Å². The van der Waals surface area contributed by atoms with Gasteiger partial charge in [-0.1, -0.05) is 0 Å². The fourth-order valence-electron chi connectivity index (χ4n) is 0.261. The minimum Gasteiger partial charge on any atom is -0.464 e. The van der Waals surface area contributed by atoms with Crippen molar-refractivity contribution in [2.24, 2.45) is 5.84 Å². The molecule has 9 heavy (non-hydrogen) atoms. The van der Waals surface area contributed by atoms with Gasteiger partial charge in [0.05, 0.1) is 6.54 Å². The van der Waals surface area contributed by atoms with Crippen molar-refractivity contribution in [2.75, 3.05) is 6.54 Å². The summed E-state index contributed by atoms with van der Waals surface area (Å²) < 4.78 is 0. The number of nitrogens with zero attached hydrogens (tertiary/aromatic N) is 1. The fourth-order valence-corrected chi connectivity index (χ4v) is 0.261. The van der Waals surface area contributed by atoms with Crippen molar-refractivity contribution < 1.29 is 14.7 Å². The Bertz CT molecular complexity index is 115. The van der Waals surface area contributed by atoms with Gasteiger partial charge < -0.3 is 9.90 Å². The van der Waals surface area contributed by atoms with Crippen LogP contribution >= 0.6 is 0 Å². The minimum absolute atomic E-state index is 0.272. The van der Waals surface area contributed by atoms with E-state index in [1.807, 2.05) is 0 Å². The Hall–Kier alpha value is -1.14. The smallest absolute Gasteiger partial charge is 0.423 e. The molecule has 0 atom stereocenters. The molecule has 0 aromatic carbocycles. The number of nitrogens with two attached hydrogens (primary N) is 1. The van der Waals surface area contributed by atoms with Crippen LogP contribution in [0.1, 0.15) is 0 Å². The molecular weight excluding hydrogens is 126 g/mol. The number of hydrogen-bond donors (Lipinski definition) is 3. The van der Waals surface area contributed by atoms with E-state index in [2.05, 4.69) is 0 Å². The molecule has 6 nitrogen and oxygen atoms in total. The summed E-state index contributed by atoms with van der Waals surface area (Å²) in [7, 11) is 0.